The van der Waals surface area contributed by atoms with Gasteiger partial charge in [-0.3, -0.25) is 0 Å². The van der Waals surface area contributed by atoms with E-state index in [-0.39, 0.29) is 13.0 Å². The van der Waals surface area contributed by atoms with Crippen LogP contribution < -0.4 is 4.90 Å². The minimum absolute atomic E-state index is 0.0328. The number of anilines is 1. The maximum absolute atomic E-state index is 12.7. The Bertz CT molecular complexity index is 389. The molecule has 100 valence electrons. The standard InChI is InChI=1S/C12H16F3N3/c1-2-9-6-16-11(17-7-9)18-5-3-4-10(8-18)12(13,14)15/h6-7,10H,2-5,8H2,1H3. The lowest BCUT2D eigenvalue weighted by molar-refractivity contribution is -0.176. The van der Waals surface area contributed by atoms with Crippen molar-refractivity contribution in [3.63, 3.8) is 0 Å². The van der Waals surface area contributed by atoms with Gasteiger partial charge in [-0.05, 0) is 24.8 Å². The average Bonchev–Trinajstić information content (AvgIpc) is 2.38. The molecule has 0 bridgehead atoms. The van der Waals surface area contributed by atoms with E-state index in [0.29, 0.717) is 18.9 Å². The zero-order valence-corrected chi connectivity index (χ0v) is 10.2. The van der Waals surface area contributed by atoms with E-state index < -0.39 is 12.1 Å². The van der Waals surface area contributed by atoms with E-state index in [9.17, 15) is 13.2 Å². The molecule has 0 saturated carbocycles. The number of rotatable bonds is 2. The Morgan fingerprint density at radius 3 is 2.56 bits per heavy atom. The second-order valence-electron chi connectivity index (χ2n) is 4.57. The quantitative estimate of drug-likeness (QED) is 0.817. The summed E-state index contributed by atoms with van der Waals surface area (Å²) in [7, 11) is 0. The summed E-state index contributed by atoms with van der Waals surface area (Å²) in [6.07, 6.45) is 0.794. The molecule has 3 nitrogen and oxygen atoms in total. The van der Waals surface area contributed by atoms with Crippen LogP contribution in [0.25, 0.3) is 0 Å². The van der Waals surface area contributed by atoms with E-state index in [0.717, 1.165) is 12.0 Å². The summed E-state index contributed by atoms with van der Waals surface area (Å²) in [6.45, 7) is 2.55. The SMILES string of the molecule is CCc1cnc(N2CCCC(C(F)(F)F)C2)nc1. The normalized spacial score (nSPS) is 21.1. The van der Waals surface area contributed by atoms with Crippen molar-refractivity contribution in [1.29, 1.82) is 0 Å². The van der Waals surface area contributed by atoms with Crippen LogP contribution in [0, 0.1) is 5.92 Å². The van der Waals surface area contributed by atoms with Crippen LogP contribution in [0.2, 0.25) is 0 Å². The van der Waals surface area contributed by atoms with Gasteiger partial charge in [-0.15, -0.1) is 0 Å². The van der Waals surface area contributed by atoms with Crippen LogP contribution in [0.4, 0.5) is 19.1 Å². The summed E-state index contributed by atoms with van der Waals surface area (Å²) < 4.78 is 38.0. The first-order chi connectivity index (χ1) is 8.50. The lowest BCUT2D eigenvalue weighted by Crippen LogP contribution is -2.42. The number of halogens is 3. The summed E-state index contributed by atoms with van der Waals surface area (Å²) in [5, 5.41) is 0. The van der Waals surface area contributed by atoms with Crippen molar-refractivity contribution >= 4 is 5.95 Å². The first kappa shape index (κ1) is 13.1. The summed E-state index contributed by atoms with van der Waals surface area (Å²) in [5.41, 5.74) is 0.989. The molecule has 2 heterocycles. The number of hydrogen-bond acceptors (Lipinski definition) is 3. The molecule has 18 heavy (non-hydrogen) atoms. The van der Waals surface area contributed by atoms with Gasteiger partial charge in [0, 0.05) is 25.5 Å². The smallest absolute Gasteiger partial charge is 0.340 e. The van der Waals surface area contributed by atoms with Crippen LogP contribution in [-0.4, -0.2) is 29.2 Å². The van der Waals surface area contributed by atoms with Crippen molar-refractivity contribution in [1.82, 2.24) is 9.97 Å². The highest BCUT2D eigenvalue weighted by Crippen LogP contribution is 2.33. The van der Waals surface area contributed by atoms with Crippen molar-refractivity contribution in [3.05, 3.63) is 18.0 Å². The number of alkyl halides is 3. The van der Waals surface area contributed by atoms with E-state index in [1.165, 1.54) is 0 Å². The van der Waals surface area contributed by atoms with Crippen LogP contribution >= 0.6 is 0 Å². The Kier molecular flexibility index (Phi) is 3.73. The first-order valence-electron chi connectivity index (χ1n) is 6.13. The minimum Gasteiger partial charge on any atom is -0.340 e. The fourth-order valence-electron chi connectivity index (χ4n) is 2.12. The molecule has 1 fully saturated rings. The van der Waals surface area contributed by atoms with Gasteiger partial charge in [0.15, 0.2) is 0 Å². The predicted molar refractivity (Wildman–Crippen MR) is 62.4 cm³/mol. The van der Waals surface area contributed by atoms with Gasteiger partial charge in [0.25, 0.3) is 0 Å². The molecule has 1 unspecified atom stereocenters. The van der Waals surface area contributed by atoms with Crippen LogP contribution in [-0.2, 0) is 6.42 Å². The van der Waals surface area contributed by atoms with E-state index >= 15 is 0 Å². The molecule has 1 aromatic rings. The Morgan fingerprint density at radius 2 is 2.00 bits per heavy atom. The van der Waals surface area contributed by atoms with Gasteiger partial charge in [-0.2, -0.15) is 13.2 Å². The van der Waals surface area contributed by atoms with Crippen molar-refractivity contribution in [2.24, 2.45) is 5.92 Å². The van der Waals surface area contributed by atoms with E-state index in [4.69, 9.17) is 0 Å². The largest absolute Gasteiger partial charge is 0.393 e. The third-order valence-corrected chi connectivity index (χ3v) is 3.27. The second-order valence-corrected chi connectivity index (χ2v) is 4.57. The number of hydrogen-bond donors (Lipinski definition) is 0. The monoisotopic (exact) mass is 259 g/mol. The minimum atomic E-state index is -4.12. The molecular formula is C12H16F3N3. The zero-order chi connectivity index (χ0) is 13.2. The molecule has 0 N–H and O–H groups in total. The van der Waals surface area contributed by atoms with Gasteiger partial charge in [0.05, 0.1) is 5.92 Å². The molecule has 0 spiro atoms. The summed E-state index contributed by atoms with van der Waals surface area (Å²) in [4.78, 5) is 9.90. The molecule has 1 aromatic heterocycles. The number of nitrogens with zero attached hydrogens (tertiary/aromatic N) is 3. The topological polar surface area (TPSA) is 29.0 Å². The Morgan fingerprint density at radius 1 is 1.33 bits per heavy atom. The molecule has 1 atom stereocenters. The summed E-state index contributed by atoms with van der Waals surface area (Å²) >= 11 is 0. The fraction of sp³-hybridized carbons (Fsp3) is 0.667. The molecule has 1 aliphatic heterocycles. The lowest BCUT2D eigenvalue weighted by Gasteiger charge is -2.33. The molecule has 1 saturated heterocycles. The Hall–Kier alpha value is -1.33. The summed E-state index contributed by atoms with van der Waals surface area (Å²) in [5.74, 6) is -0.859. The third-order valence-electron chi connectivity index (χ3n) is 3.27. The third kappa shape index (κ3) is 2.91. The number of piperidine rings is 1. The maximum Gasteiger partial charge on any atom is 0.393 e. The van der Waals surface area contributed by atoms with Crippen molar-refractivity contribution < 1.29 is 13.2 Å². The van der Waals surface area contributed by atoms with Gasteiger partial charge >= 0.3 is 6.18 Å². The van der Waals surface area contributed by atoms with Gasteiger partial charge < -0.3 is 4.90 Å². The molecule has 0 radical (unpaired) electrons. The highest BCUT2D eigenvalue weighted by molar-refractivity contribution is 5.30. The average molecular weight is 259 g/mol. The zero-order valence-electron chi connectivity index (χ0n) is 10.2. The van der Waals surface area contributed by atoms with E-state index in [2.05, 4.69) is 9.97 Å². The van der Waals surface area contributed by atoms with Crippen molar-refractivity contribution in [2.45, 2.75) is 32.4 Å². The van der Waals surface area contributed by atoms with Crippen LogP contribution in [0.15, 0.2) is 12.4 Å². The predicted octanol–water partition coefficient (Wildman–Crippen LogP) is 2.82. The van der Waals surface area contributed by atoms with E-state index in [1.807, 2.05) is 6.92 Å². The maximum atomic E-state index is 12.7. The van der Waals surface area contributed by atoms with Gasteiger partial charge in [0.2, 0.25) is 5.95 Å². The Labute approximate surface area is 104 Å². The van der Waals surface area contributed by atoms with Gasteiger partial charge in [-0.1, -0.05) is 6.92 Å². The van der Waals surface area contributed by atoms with E-state index in [1.54, 1.807) is 17.3 Å². The van der Waals surface area contributed by atoms with Gasteiger partial charge in [0.1, 0.15) is 0 Å². The molecule has 6 heteroatoms. The molecule has 2 rings (SSSR count). The molecule has 0 amide bonds. The number of aromatic nitrogens is 2. The van der Waals surface area contributed by atoms with Crippen LogP contribution in [0.3, 0.4) is 0 Å². The highest BCUT2D eigenvalue weighted by Gasteiger charge is 2.42. The summed E-state index contributed by atoms with van der Waals surface area (Å²) in [6, 6.07) is 0. The second kappa shape index (κ2) is 5.12. The lowest BCUT2D eigenvalue weighted by atomic mass is 9.98. The molecular weight excluding hydrogens is 243 g/mol. The van der Waals surface area contributed by atoms with Crippen LogP contribution in [0.5, 0.6) is 0 Å². The van der Waals surface area contributed by atoms with Crippen LogP contribution in [0.1, 0.15) is 25.3 Å². The van der Waals surface area contributed by atoms with Crippen molar-refractivity contribution in [2.75, 3.05) is 18.0 Å². The van der Waals surface area contributed by atoms with Gasteiger partial charge in [-0.25, -0.2) is 9.97 Å². The first-order valence-corrected chi connectivity index (χ1v) is 6.13. The highest BCUT2D eigenvalue weighted by atomic mass is 19.4. The number of aryl methyl sites for hydroxylation is 1. The Balaban J connectivity index is 2.08. The molecule has 0 aliphatic carbocycles. The molecule has 0 aromatic carbocycles. The molecule has 1 aliphatic rings. The van der Waals surface area contributed by atoms with Crippen molar-refractivity contribution in [3.8, 4) is 0 Å². The fourth-order valence-corrected chi connectivity index (χ4v) is 2.12.